The molecule has 0 aliphatic heterocycles. The first-order valence-electron chi connectivity index (χ1n) is 8.99. The summed E-state index contributed by atoms with van der Waals surface area (Å²) in [6.45, 7) is 0.714. The highest BCUT2D eigenvalue weighted by Crippen LogP contribution is 2.36. The van der Waals surface area contributed by atoms with Gasteiger partial charge in [-0.25, -0.2) is 13.8 Å². The molecule has 8 heteroatoms. The number of aromatic nitrogens is 1. The van der Waals surface area contributed by atoms with Crippen molar-refractivity contribution < 1.29 is 18.7 Å². The number of benzene rings is 1. The van der Waals surface area contributed by atoms with Crippen LogP contribution in [0.3, 0.4) is 0 Å². The Bertz CT molecular complexity index is 822. The van der Waals surface area contributed by atoms with Gasteiger partial charge < -0.3 is 15.7 Å². The van der Waals surface area contributed by atoms with Crippen molar-refractivity contribution in [2.45, 2.75) is 31.6 Å². The third-order valence-corrected chi connectivity index (χ3v) is 5.17. The molecule has 1 saturated carbocycles. The van der Waals surface area contributed by atoms with E-state index in [4.69, 9.17) is 16.7 Å². The van der Waals surface area contributed by atoms with Gasteiger partial charge in [0.2, 0.25) is 5.92 Å². The van der Waals surface area contributed by atoms with Gasteiger partial charge in [-0.15, -0.1) is 0 Å². The molecule has 0 spiro atoms. The van der Waals surface area contributed by atoms with E-state index in [0.29, 0.717) is 53.2 Å². The fraction of sp³-hybridized carbons (Fsp3) is 0.474. The average Bonchev–Trinajstić information content (AvgIpc) is 2.65. The van der Waals surface area contributed by atoms with Crippen LogP contribution in [0, 0.1) is 5.92 Å². The summed E-state index contributed by atoms with van der Waals surface area (Å²) >= 11 is 6.24. The van der Waals surface area contributed by atoms with E-state index in [1.807, 2.05) is 0 Å². The highest BCUT2D eigenvalue weighted by Gasteiger charge is 2.34. The normalized spacial score (nSPS) is 17.0. The summed E-state index contributed by atoms with van der Waals surface area (Å²) in [6, 6.07) is 6.81. The third-order valence-electron chi connectivity index (χ3n) is 4.85. The van der Waals surface area contributed by atoms with Crippen molar-refractivity contribution in [2.75, 3.05) is 25.0 Å². The maximum atomic E-state index is 13.2. The molecule has 1 aliphatic carbocycles. The van der Waals surface area contributed by atoms with Gasteiger partial charge >= 0.3 is 0 Å². The Balaban J connectivity index is 1.72. The summed E-state index contributed by atoms with van der Waals surface area (Å²) in [5.41, 5.74) is 0.932. The van der Waals surface area contributed by atoms with Crippen molar-refractivity contribution in [1.82, 2.24) is 10.3 Å². The van der Waals surface area contributed by atoms with Gasteiger partial charge in [0.05, 0.1) is 22.7 Å². The number of carbonyl (C=O) groups excluding carboxylic acids is 1. The predicted molar refractivity (Wildman–Crippen MR) is 102 cm³/mol. The van der Waals surface area contributed by atoms with E-state index in [2.05, 4.69) is 15.6 Å². The van der Waals surface area contributed by atoms with Crippen molar-refractivity contribution in [3.8, 4) is 0 Å². The number of hydrogen-bond donors (Lipinski definition) is 3. The van der Waals surface area contributed by atoms with Crippen LogP contribution in [0.5, 0.6) is 0 Å². The maximum absolute atomic E-state index is 13.2. The van der Waals surface area contributed by atoms with Crippen molar-refractivity contribution in [3.05, 3.63) is 34.9 Å². The Hall–Kier alpha value is -1.99. The molecule has 0 saturated heterocycles. The van der Waals surface area contributed by atoms with E-state index in [1.54, 1.807) is 24.3 Å². The average molecular weight is 398 g/mol. The molecule has 5 nitrogen and oxygen atoms in total. The summed E-state index contributed by atoms with van der Waals surface area (Å²) in [4.78, 5) is 17.1. The highest BCUT2D eigenvalue weighted by molar-refractivity contribution is 6.35. The molecule has 1 amide bonds. The molecule has 0 radical (unpaired) electrons. The van der Waals surface area contributed by atoms with E-state index in [-0.39, 0.29) is 31.3 Å². The van der Waals surface area contributed by atoms with E-state index in [0.717, 1.165) is 0 Å². The van der Waals surface area contributed by atoms with Crippen molar-refractivity contribution >= 4 is 34.2 Å². The van der Waals surface area contributed by atoms with Crippen LogP contribution in [0.25, 0.3) is 10.9 Å². The van der Waals surface area contributed by atoms with E-state index in [9.17, 15) is 13.6 Å². The minimum Gasteiger partial charge on any atom is -0.395 e. The van der Waals surface area contributed by atoms with Crippen LogP contribution in [0.4, 0.5) is 14.6 Å². The molecule has 1 aromatic heterocycles. The smallest absolute Gasteiger partial charge is 0.253 e. The van der Waals surface area contributed by atoms with E-state index < -0.39 is 5.92 Å². The quantitative estimate of drug-likeness (QED) is 0.692. The second-order valence-corrected chi connectivity index (χ2v) is 7.25. The number of amides is 1. The Morgan fingerprint density at radius 2 is 2.00 bits per heavy atom. The fourth-order valence-electron chi connectivity index (χ4n) is 3.32. The number of fused-ring (bicyclic) bond motifs is 1. The van der Waals surface area contributed by atoms with Crippen LogP contribution in [0.1, 0.15) is 36.0 Å². The highest BCUT2D eigenvalue weighted by atomic mass is 35.5. The zero-order chi connectivity index (χ0) is 19.4. The van der Waals surface area contributed by atoms with Gasteiger partial charge in [-0.05, 0) is 43.0 Å². The first-order valence-corrected chi connectivity index (χ1v) is 9.37. The van der Waals surface area contributed by atoms with Crippen LogP contribution in [-0.4, -0.2) is 41.6 Å². The molecule has 1 heterocycles. The van der Waals surface area contributed by atoms with Crippen LogP contribution >= 0.6 is 11.6 Å². The van der Waals surface area contributed by atoms with Gasteiger partial charge in [-0.3, -0.25) is 4.79 Å². The van der Waals surface area contributed by atoms with E-state index in [1.165, 1.54) is 0 Å². The van der Waals surface area contributed by atoms with Gasteiger partial charge in [-0.2, -0.15) is 0 Å². The van der Waals surface area contributed by atoms with Gasteiger partial charge in [-0.1, -0.05) is 11.6 Å². The minimum absolute atomic E-state index is 0.0128. The predicted octanol–water partition coefficient (Wildman–Crippen LogP) is 3.85. The lowest BCUT2D eigenvalue weighted by Gasteiger charge is -2.28. The molecule has 2 aromatic rings. The van der Waals surface area contributed by atoms with Crippen LogP contribution < -0.4 is 10.6 Å². The lowest BCUT2D eigenvalue weighted by Crippen LogP contribution is -2.34. The Morgan fingerprint density at radius 1 is 1.26 bits per heavy atom. The number of halogens is 3. The topological polar surface area (TPSA) is 74.2 Å². The molecule has 146 valence electrons. The number of nitrogens with zero attached hydrogens (tertiary/aromatic N) is 1. The Morgan fingerprint density at radius 3 is 2.70 bits per heavy atom. The number of aliphatic hydroxyl groups excluding tert-OH is 1. The van der Waals surface area contributed by atoms with Gasteiger partial charge in [0.15, 0.2) is 0 Å². The van der Waals surface area contributed by atoms with Crippen LogP contribution in [0.2, 0.25) is 5.02 Å². The van der Waals surface area contributed by atoms with Gasteiger partial charge in [0.25, 0.3) is 5.91 Å². The lowest BCUT2D eigenvalue weighted by atomic mass is 9.87. The monoisotopic (exact) mass is 397 g/mol. The largest absolute Gasteiger partial charge is 0.395 e. The maximum Gasteiger partial charge on any atom is 0.253 e. The molecule has 3 N–H and O–H groups in total. The number of anilines is 1. The summed E-state index contributed by atoms with van der Waals surface area (Å²) in [5.74, 6) is -2.27. The van der Waals surface area contributed by atoms with Crippen molar-refractivity contribution in [3.63, 3.8) is 0 Å². The number of nitrogens with one attached hydrogen (secondary N) is 2. The summed E-state index contributed by atoms with van der Waals surface area (Å²) in [5, 5.41) is 15.6. The second-order valence-electron chi connectivity index (χ2n) is 6.85. The SMILES string of the molecule is O=C(NCC1CCC(F)(F)CC1)c1c(Cl)ccc2nc(NCCO)ccc12. The summed E-state index contributed by atoms with van der Waals surface area (Å²) in [6.07, 6.45) is 0.544. The Labute approximate surface area is 161 Å². The number of alkyl halides is 2. The third kappa shape index (κ3) is 4.84. The second kappa shape index (κ2) is 8.35. The summed E-state index contributed by atoms with van der Waals surface area (Å²) in [7, 11) is 0. The molecular weight excluding hydrogens is 376 g/mol. The number of rotatable bonds is 6. The molecule has 1 fully saturated rings. The zero-order valence-corrected chi connectivity index (χ0v) is 15.5. The lowest BCUT2D eigenvalue weighted by molar-refractivity contribution is -0.0452. The standard InChI is InChI=1S/C19H22ClF2N3O2/c20-14-2-3-15-13(1-4-16(25-15)23-9-10-26)17(14)18(27)24-11-12-5-7-19(21,22)8-6-12/h1-4,12,26H,5-11H2,(H,23,25)(H,24,27). The van der Waals surface area contributed by atoms with Gasteiger partial charge in [0, 0.05) is 31.3 Å². The van der Waals surface area contributed by atoms with Crippen LogP contribution in [0.15, 0.2) is 24.3 Å². The van der Waals surface area contributed by atoms with Gasteiger partial charge in [0.1, 0.15) is 5.82 Å². The number of carbonyl (C=O) groups is 1. The number of pyridine rings is 1. The molecule has 27 heavy (non-hydrogen) atoms. The molecule has 1 aromatic carbocycles. The fourth-order valence-corrected chi connectivity index (χ4v) is 3.57. The van der Waals surface area contributed by atoms with E-state index >= 15 is 0 Å². The molecule has 1 aliphatic rings. The van der Waals surface area contributed by atoms with Crippen LogP contribution in [-0.2, 0) is 0 Å². The molecule has 0 bridgehead atoms. The molecule has 0 unspecified atom stereocenters. The zero-order valence-electron chi connectivity index (χ0n) is 14.8. The van der Waals surface area contributed by atoms with Crippen molar-refractivity contribution in [1.29, 1.82) is 0 Å². The summed E-state index contributed by atoms with van der Waals surface area (Å²) < 4.78 is 26.5. The van der Waals surface area contributed by atoms with Crippen molar-refractivity contribution in [2.24, 2.45) is 5.92 Å². The minimum atomic E-state index is -2.58. The molecule has 3 rings (SSSR count). The molecule has 0 atom stereocenters. The first-order chi connectivity index (χ1) is 12.9. The number of hydrogen-bond acceptors (Lipinski definition) is 4. The molecular formula is C19H22ClF2N3O2. The Kier molecular flexibility index (Phi) is 6.11. The first kappa shape index (κ1) is 19.8. The number of aliphatic hydroxyl groups is 1.